The molecule has 0 amide bonds. The monoisotopic (exact) mass is 229 g/mol. The molecule has 1 aromatic carbocycles. The maximum atomic E-state index is 4.42. The minimum atomic E-state index is 0.941. The maximum Gasteiger partial charge on any atom is 0.202 e. The van der Waals surface area contributed by atoms with E-state index >= 15 is 0 Å². The van der Waals surface area contributed by atoms with Crippen molar-refractivity contribution in [3.8, 4) is 0 Å². The van der Waals surface area contributed by atoms with Gasteiger partial charge in [-0.3, -0.25) is 0 Å². The normalized spacial score (nSPS) is 10.5. The summed E-state index contributed by atoms with van der Waals surface area (Å²) in [5.41, 5.74) is 3.82. The lowest BCUT2D eigenvalue weighted by molar-refractivity contribution is 0.700. The van der Waals surface area contributed by atoms with Gasteiger partial charge in [-0.25, -0.2) is 4.98 Å². The van der Waals surface area contributed by atoms with Gasteiger partial charge in [-0.2, -0.15) is 0 Å². The highest BCUT2D eigenvalue weighted by Gasteiger charge is 2.04. The summed E-state index contributed by atoms with van der Waals surface area (Å²) in [6, 6.07) is 8.53. The predicted octanol–water partition coefficient (Wildman–Crippen LogP) is 2.78. The number of nitrogens with one attached hydrogen (secondary N) is 1. The number of imidazole rings is 1. The molecule has 1 heterocycles. The summed E-state index contributed by atoms with van der Waals surface area (Å²) in [6.45, 7) is 5.14. The van der Waals surface area contributed by atoms with E-state index in [1.54, 1.807) is 0 Å². The third kappa shape index (κ3) is 2.67. The molecule has 0 aliphatic heterocycles. The molecule has 0 radical (unpaired) electrons. The molecule has 2 rings (SSSR count). The zero-order valence-corrected chi connectivity index (χ0v) is 10.7. The molecule has 0 atom stereocenters. The molecule has 3 nitrogen and oxygen atoms in total. The van der Waals surface area contributed by atoms with E-state index in [0.717, 1.165) is 24.6 Å². The quantitative estimate of drug-likeness (QED) is 0.873. The average Bonchev–Trinajstić information content (AvgIpc) is 2.69. The highest BCUT2D eigenvalue weighted by atomic mass is 15.2. The standard InChI is InChI=1S/C14H19N3/c1-11-6-4-5-7-13(11)8-9-17-10-12(2)16-14(17)15-3/h4-7,10H,8-9H2,1-3H3,(H,15,16). The summed E-state index contributed by atoms with van der Waals surface area (Å²) in [5.74, 6) is 0.941. The second-order valence-corrected chi connectivity index (χ2v) is 4.33. The van der Waals surface area contributed by atoms with Gasteiger partial charge in [0.25, 0.3) is 0 Å². The number of anilines is 1. The van der Waals surface area contributed by atoms with Gasteiger partial charge in [0.2, 0.25) is 5.95 Å². The van der Waals surface area contributed by atoms with Crippen LogP contribution in [-0.4, -0.2) is 16.6 Å². The van der Waals surface area contributed by atoms with Gasteiger partial charge in [-0.1, -0.05) is 24.3 Å². The van der Waals surface area contributed by atoms with Gasteiger partial charge in [0, 0.05) is 19.8 Å². The Labute approximate surface area is 103 Å². The van der Waals surface area contributed by atoms with E-state index in [1.807, 2.05) is 14.0 Å². The topological polar surface area (TPSA) is 29.9 Å². The van der Waals surface area contributed by atoms with Crippen molar-refractivity contribution in [1.29, 1.82) is 0 Å². The van der Waals surface area contributed by atoms with Crippen LogP contribution in [0.2, 0.25) is 0 Å². The highest BCUT2D eigenvalue weighted by molar-refractivity contribution is 5.29. The van der Waals surface area contributed by atoms with Crippen molar-refractivity contribution in [2.24, 2.45) is 0 Å². The van der Waals surface area contributed by atoms with E-state index in [0.29, 0.717) is 0 Å². The zero-order valence-electron chi connectivity index (χ0n) is 10.7. The molecule has 2 aromatic rings. The van der Waals surface area contributed by atoms with E-state index in [-0.39, 0.29) is 0 Å². The molecule has 90 valence electrons. The second kappa shape index (κ2) is 5.04. The molecule has 0 saturated heterocycles. The predicted molar refractivity (Wildman–Crippen MR) is 71.4 cm³/mol. The first kappa shape index (κ1) is 11.7. The van der Waals surface area contributed by atoms with E-state index in [4.69, 9.17) is 0 Å². The van der Waals surface area contributed by atoms with Gasteiger partial charge in [0.15, 0.2) is 0 Å². The second-order valence-electron chi connectivity index (χ2n) is 4.33. The van der Waals surface area contributed by atoms with E-state index in [1.165, 1.54) is 11.1 Å². The van der Waals surface area contributed by atoms with Crippen LogP contribution >= 0.6 is 0 Å². The number of nitrogens with zero attached hydrogens (tertiary/aromatic N) is 2. The Morgan fingerprint density at radius 3 is 2.71 bits per heavy atom. The third-order valence-corrected chi connectivity index (χ3v) is 3.00. The van der Waals surface area contributed by atoms with Crippen LogP contribution in [-0.2, 0) is 13.0 Å². The van der Waals surface area contributed by atoms with E-state index in [2.05, 4.69) is 52.3 Å². The molecular weight excluding hydrogens is 210 g/mol. The van der Waals surface area contributed by atoms with Gasteiger partial charge in [-0.05, 0) is 31.4 Å². The van der Waals surface area contributed by atoms with Crippen molar-refractivity contribution in [1.82, 2.24) is 9.55 Å². The van der Waals surface area contributed by atoms with Crippen molar-refractivity contribution >= 4 is 5.95 Å². The van der Waals surface area contributed by atoms with Crippen LogP contribution < -0.4 is 5.32 Å². The van der Waals surface area contributed by atoms with Gasteiger partial charge in [-0.15, -0.1) is 0 Å². The number of rotatable bonds is 4. The average molecular weight is 229 g/mol. The van der Waals surface area contributed by atoms with Crippen LogP contribution in [0.1, 0.15) is 16.8 Å². The Hall–Kier alpha value is -1.77. The summed E-state index contributed by atoms with van der Waals surface area (Å²) in [6.07, 6.45) is 3.13. The lowest BCUT2D eigenvalue weighted by Gasteiger charge is -2.08. The van der Waals surface area contributed by atoms with Crippen molar-refractivity contribution in [2.45, 2.75) is 26.8 Å². The minimum Gasteiger partial charge on any atom is -0.359 e. The molecule has 1 N–H and O–H groups in total. The highest BCUT2D eigenvalue weighted by Crippen LogP contribution is 2.12. The zero-order chi connectivity index (χ0) is 12.3. The fraction of sp³-hybridized carbons (Fsp3) is 0.357. The maximum absolute atomic E-state index is 4.42. The number of benzene rings is 1. The fourth-order valence-electron chi connectivity index (χ4n) is 2.05. The summed E-state index contributed by atoms with van der Waals surface area (Å²) < 4.78 is 2.17. The molecule has 0 bridgehead atoms. The van der Waals surface area contributed by atoms with Crippen LogP contribution in [0.5, 0.6) is 0 Å². The summed E-state index contributed by atoms with van der Waals surface area (Å²) in [7, 11) is 1.91. The summed E-state index contributed by atoms with van der Waals surface area (Å²) in [5, 5.41) is 3.12. The Morgan fingerprint density at radius 1 is 1.24 bits per heavy atom. The van der Waals surface area contributed by atoms with Crippen molar-refractivity contribution < 1.29 is 0 Å². The Bertz CT molecular complexity index is 500. The molecule has 0 aliphatic carbocycles. The SMILES string of the molecule is CNc1nc(C)cn1CCc1ccccc1C. The Morgan fingerprint density at radius 2 is 2.00 bits per heavy atom. The first-order valence-electron chi connectivity index (χ1n) is 5.96. The van der Waals surface area contributed by atoms with Crippen LogP contribution in [0.4, 0.5) is 5.95 Å². The molecule has 0 unspecified atom stereocenters. The number of aromatic nitrogens is 2. The minimum absolute atomic E-state index is 0.941. The molecule has 17 heavy (non-hydrogen) atoms. The van der Waals surface area contributed by atoms with Crippen LogP contribution in [0.3, 0.4) is 0 Å². The molecule has 1 aromatic heterocycles. The van der Waals surface area contributed by atoms with Crippen molar-refractivity contribution in [3.63, 3.8) is 0 Å². The number of hydrogen-bond donors (Lipinski definition) is 1. The van der Waals surface area contributed by atoms with Gasteiger partial charge >= 0.3 is 0 Å². The third-order valence-electron chi connectivity index (χ3n) is 3.00. The Kier molecular flexibility index (Phi) is 3.47. The smallest absolute Gasteiger partial charge is 0.202 e. The van der Waals surface area contributed by atoms with Crippen LogP contribution in [0.15, 0.2) is 30.5 Å². The lowest BCUT2D eigenvalue weighted by Crippen LogP contribution is -2.05. The van der Waals surface area contributed by atoms with Crippen molar-refractivity contribution in [3.05, 3.63) is 47.3 Å². The van der Waals surface area contributed by atoms with Gasteiger partial charge < -0.3 is 9.88 Å². The van der Waals surface area contributed by atoms with Crippen LogP contribution in [0.25, 0.3) is 0 Å². The molecule has 0 aliphatic rings. The van der Waals surface area contributed by atoms with E-state index in [9.17, 15) is 0 Å². The van der Waals surface area contributed by atoms with Gasteiger partial charge in [0.1, 0.15) is 0 Å². The molecule has 3 heteroatoms. The summed E-state index contributed by atoms with van der Waals surface area (Å²) in [4.78, 5) is 4.42. The molecular formula is C14H19N3. The first-order chi connectivity index (χ1) is 8.20. The molecule has 0 saturated carbocycles. The van der Waals surface area contributed by atoms with Crippen molar-refractivity contribution in [2.75, 3.05) is 12.4 Å². The van der Waals surface area contributed by atoms with Crippen LogP contribution in [0, 0.1) is 13.8 Å². The fourth-order valence-corrected chi connectivity index (χ4v) is 2.05. The van der Waals surface area contributed by atoms with Gasteiger partial charge in [0.05, 0.1) is 5.69 Å². The lowest BCUT2D eigenvalue weighted by atomic mass is 10.1. The summed E-state index contributed by atoms with van der Waals surface area (Å²) >= 11 is 0. The molecule has 0 fully saturated rings. The Balaban J connectivity index is 2.09. The number of hydrogen-bond acceptors (Lipinski definition) is 2. The number of aryl methyl sites for hydroxylation is 4. The molecule has 0 spiro atoms. The first-order valence-corrected chi connectivity index (χ1v) is 5.96. The van der Waals surface area contributed by atoms with E-state index < -0.39 is 0 Å². The largest absolute Gasteiger partial charge is 0.359 e.